The van der Waals surface area contributed by atoms with Gasteiger partial charge in [-0.1, -0.05) is 30.3 Å². The molecular formula is C13H16O6. The molecule has 0 spiro atoms. The Hall–Kier alpha value is -1.44. The number of benzene rings is 1. The topological polar surface area (TPSA) is 110 Å². The highest BCUT2D eigenvalue weighted by Gasteiger charge is 2.44. The highest BCUT2D eigenvalue weighted by molar-refractivity contribution is 5.51. The van der Waals surface area contributed by atoms with Gasteiger partial charge in [0.1, 0.15) is 30.2 Å². The van der Waals surface area contributed by atoms with Crippen molar-refractivity contribution in [1.82, 2.24) is 0 Å². The molecule has 5 atom stereocenters. The maximum Gasteiger partial charge on any atom is 0.184 e. The van der Waals surface area contributed by atoms with Crippen LogP contribution in [0, 0.1) is 0 Å². The number of hydrogen-bond donors (Lipinski definition) is 5. The number of rotatable bonds is 2. The molecule has 0 bridgehead atoms. The van der Waals surface area contributed by atoms with Gasteiger partial charge in [0.05, 0.1) is 0 Å². The Morgan fingerprint density at radius 2 is 1.58 bits per heavy atom. The average Bonchev–Trinajstić information content (AvgIpc) is 2.41. The molecule has 1 fully saturated rings. The predicted octanol–water partition coefficient (Wildman–Crippen LogP) is -0.615. The van der Waals surface area contributed by atoms with Gasteiger partial charge in [-0.3, -0.25) is 0 Å². The number of ether oxygens (including phenoxy) is 1. The third-order valence-electron chi connectivity index (χ3n) is 2.99. The Balaban J connectivity index is 2.19. The SMILES string of the molecule is OC(=Cc1ccccc1)[C@H]1O[C@H](O)[C@@H](O)[C@@H](O)[C@@H]1O. The average molecular weight is 268 g/mol. The smallest absolute Gasteiger partial charge is 0.184 e. The van der Waals surface area contributed by atoms with Crippen LogP contribution in [-0.4, -0.2) is 56.2 Å². The molecule has 5 N–H and O–H groups in total. The van der Waals surface area contributed by atoms with E-state index in [1.165, 1.54) is 6.08 Å². The minimum Gasteiger partial charge on any atom is -0.509 e. The van der Waals surface area contributed by atoms with Gasteiger partial charge in [0.25, 0.3) is 0 Å². The quantitative estimate of drug-likeness (QED) is 0.457. The zero-order valence-corrected chi connectivity index (χ0v) is 10.00. The normalized spacial score (nSPS) is 36.2. The Morgan fingerprint density at radius 1 is 0.947 bits per heavy atom. The summed E-state index contributed by atoms with van der Waals surface area (Å²) in [5, 5.41) is 47.8. The number of hydrogen-bond acceptors (Lipinski definition) is 6. The van der Waals surface area contributed by atoms with Gasteiger partial charge in [-0.05, 0) is 11.6 Å². The van der Waals surface area contributed by atoms with Gasteiger partial charge >= 0.3 is 0 Å². The van der Waals surface area contributed by atoms with Crippen LogP contribution in [0.1, 0.15) is 5.56 Å². The van der Waals surface area contributed by atoms with E-state index in [0.29, 0.717) is 5.56 Å². The first-order chi connectivity index (χ1) is 9.00. The molecule has 0 aromatic heterocycles. The molecule has 0 amide bonds. The zero-order chi connectivity index (χ0) is 14.0. The summed E-state index contributed by atoms with van der Waals surface area (Å²) in [7, 11) is 0. The van der Waals surface area contributed by atoms with Crippen LogP contribution in [0.3, 0.4) is 0 Å². The van der Waals surface area contributed by atoms with Crippen molar-refractivity contribution in [3.63, 3.8) is 0 Å². The fourth-order valence-corrected chi connectivity index (χ4v) is 1.91. The maximum atomic E-state index is 9.89. The van der Waals surface area contributed by atoms with Gasteiger partial charge in [-0.2, -0.15) is 0 Å². The van der Waals surface area contributed by atoms with Crippen LogP contribution in [0.25, 0.3) is 6.08 Å². The van der Waals surface area contributed by atoms with E-state index in [0.717, 1.165) is 0 Å². The van der Waals surface area contributed by atoms with E-state index in [1.807, 2.05) is 6.07 Å². The molecule has 0 unspecified atom stereocenters. The van der Waals surface area contributed by atoms with Crippen LogP contribution in [0.15, 0.2) is 36.1 Å². The van der Waals surface area contributed by atoms with Crippen LogP contribution in [0.2, 0.25) is 0 Å². The zero-order valence-electron chi connectivity index (χ0n) is 10.00. The van der Waals surface area contributed by atoms with E-state index in [4.69, 9.17) is 4.74 Å². The summed E-state index contributed by atoms with van der Waals surface area (Å²) in [6, 6.07) is 8.81. The molecule has 1 saturated heterocycles. The Labute approximate surface area is 109 Å². The molecule has 0 saturated carbocycles. The molecule has 6 nitrogen and oxygen atoms in total. The predicted molar refractivity (Wildman–Crippen MR) is 65.9 cm³/mol. The second-order valence-electron chi connectivity index (χ2n) is 4.40. The van der Waals surface area contributed by atoms with Crippen LogP contribution in [0.4, 0.5) is 0 Å². The second kappa shape index (κ2) is 5.68. The van der Waals surface area contributed by atoms with Crippen LogP contribution >= 0.6 is 0 Å². The van der Waals surface area contributed by atoms with Crippen LogP contribution < -0.4 is 0 Å². The van der Waals surface area contributed by atoms with E-state index in [9.17, 15) is 25.5 Å². The van der Waals surface area contributed by atoms with Crippen molar-refractivity contribution in [2.45, 2.75) is 30.7 Å². The first-order valence-corrected chi connectivity index (χ1v) is 5.84. The van der Waals surface area contributed by atoms with Crippen LogP contribution in [-0.2, 0) is 4.74 Å². The van der Waals surface area contributed by atoms with E-state index < -0.39 is 30.7 Å². The van der Waals surface area contributed by atoms with E-state index in [1.54, 1.807) is 24.3 Å². The fourth-order valence-electron chi connectivity index (χ4n) is 1.91. The molecule has 0 aliphatic carbocycles. The largest absolute Gasteiger partial charge is 0.509 e. The lowest BCUT2D eigenvalue weighted by atomic mass is 9.97. The van der Waals surface area contributed by atoms with Gasteiger partial charge in [0.15, 0.2) is 6.29 Å². The summed E-state index contributed by atoms with van der Waals surface area (Å²) >= 11 is 0. The maximum absolute atomic E-state index is 9.89. The fraction of sp³-hybridized carbons (Fsp3) is 0.385. The third-order valence-corrected chi connectivity index (χ3v) is 2.99. The lowest BCUT2D eigenvalue weighted by Gasteiger charge is -2.37. The molecule has 6 heteroatoms. The first-order valence-electron chi connectivity index (χ1n) is 5.84. The number of aliphatic hydroxyl groups is 5. The Bertz CT molecular complexity index is 446. The van der Waals surface area contributed by atoms with E-state index in [2.05, 4.69) is 0 Å². The lowest BCUT2D eigenvalue weighted by Crippen LogP contribution is -2.57. The Morgan fingerprint density at radius 3 is 2.21 bits per heavy atom. The van der Waals surface area contributed by atoms with Gasteiger partial charge < -0.3 is 30.3 Å². The number of aliphatic hydroxyl groups excluding tert-OH is 5. The summed E-state index contributed by atoms with van der Waals surface area (Å²) in [5.74, 6) is -0.344. The van der Waals surface area contributed by atoms with Gasteiger partial charge in [0, 0.05) is 0 Å². The van der Waals surface area contributed by atoms with Gasteiger partial charge in [-0.15, -0.1) is 0 Å². The third kappa shape index (κ3) is 2.94. The Kier molecular flexibility index (Phi) is 4.18. The molecule has 1 heterocycles. The van der Waals surface area contributed by atoms with Crippen molar-refractivity contribution in [2.75, 3.05) is 0 Å². The molecule has 1 aromatic carbocycles. The summed E-state index contributed by atoms with van der Waals surface area (Å²) in [5.41, 5.74) is 0.672. The summed E-state index contributed by atoms with van der Waals surface area (Å²) in [6.45, 7) is 0. The molecule has 1 aliphatic heterocycles. The van der Waals surface area contributed by atoms with Crippen molar-refractivity contribution < 1.29 is 30.3 Å². The molecule has 0 radical (unpaired) electrons. The van der Waals surface area contributed by atoms with Crippen molar-refractivity contribution in [3.8, 4) is 0 Å². The van der Waals surface area contributed by atoms with E-state index in [-0.39, 0.29) is 5.76 Å². The highest BCUT2D eigenvalue weighted by atomic mass is 16.6. The summed E-state index contributed by atoms with van der Waals surface area (Å²) in [6.07, 6.45) is -6.36. The minimum atomic E-state index is -1.67. The van der Waals surface area contributed by atoms with Gasteiger partial charge in [-0.25, -0.2) is 0 Å². The molecule has 104 valence electrons. The van der Waals surface area contributed by atoms with Crippen molar-refractivity contribution in [1.29, 1.82) is 0 Å². The van der Waals surface area contributed by atoms with Crippen molar-refractivity contribution >= 4 is 6.08 Å². The summed E-state index contributed by atoms with van der Waals surface area (Å²) < 4.78 is 4.89. The van der Waals surface area contributed by atoms with Crippen LogP contribution in [0.5, 0.6) is 0 Å². The molecule has 1 aliphatic rings. The first kappa shape index (κ1) is 14.0. The second-order valence-corrected chi connectivity index (χ2v) is 4.40. The molecule has 1 aromatic rings. The lowest BCUT2D eigenvalue weighted by molar-refractivity contribution is -0.277. The monoisotopic (exact) mass is 268 g/mol. The minimum absolute atomic E-state index is 0.344. The summed E-state index contributed by atoms with van der Waals surface area (Å²) in [4.78, 5) is 0. The highest BCUT2D eigenvalue weighted by Crippen LogP contribution is 2.24. The van der Waals surface area contributed by atoms with E-state index >= 15 is 0 Å². The molecule has 19 heavy (non-hydrogen) atoms. The molecular weight excluding hydrogens is 252 g/mol. The standard InChI is InChI=1S/C13H16O6/c14-8(6-7-4-2-1-3-5-7)12-10(16)9(15)11(17)13(18)19-12/h1-6,9-18H/t9-,10-,11-,12+,13-/m0/s1. The van der Waals surface area contributed by atoms with Gasteiger partial charge in [0.2, 0.25) is 0 Å². The van der Waals surface area contributed by atoms with Crippen molar-refractivity contribution in [2.24, 2.45) is 0 Å². The molecule has 2 rings (SSSR count). The van der Waals surface area contributed by atoms with Crippen molar-refractivity contribution in [3.05, 3.63) is 41.7 Å².